The maximum atomic E-state index is 7.32. The Balaban J connectivity index is 1.56. The maximum absolute atomic E-state index is 7.32. The molecule has 5 aromatic rings. The SMILES string of the molecule is C=C1Cc2ccccc2-c2c1c1c(c3cc(OC)c(OC)cc23)OC(c2ccc(OC)cc2)(c2ccc(OC)cc2)C=C1. The molecule has 5 nitrogen and oxygen atoms in total. The molecule has 0 fully saturated rings. The number of hydrogen-bond acceptors (Lipinski definition) is 5. The van der Waals surface area contributed by atoms with Crippen molar-refractivity contribution in [3.05, 3.63) is 125 Å². The average Bonchev–Trinajstić information content (AvgIpc) is 3.07. The molecule has 5 aromatic carbocycles. The predicted octanol–water partition coefficient (Wildman–Crippen LogP) is 8.46. The van der Waals surface area contributed by atoms with E-state index in [-0.39, 0.29) is 0 Å². The van der Waals surface area contributed by atoms with Gasteiger partial charge in [-0.1, -0.05) is 55.1 Å². The number of allylic oxidation sites excluding steroid dienone is 1. The standard InChI is InChI=1S/C38H32O5/c1-23-20-24-8-6-7-9-29(24)36-31-21-33(41-4)34(42-5)22-32(31)37-30(35(23)36)18-19-38(43-37,25-10-14-27(39-2)15-11-25)26-12-16-28(40-3)17-13-26/h6-19,21-22H,1,20H2,2-5H3. The maximum Gasteiger partial charge on any atom is 0.178 e. The quantitative estimate of drug-likeness (QED) is 0.206. The lowest BCUT2D eigenvalue weighted by Gasteiger charge is -2.38. The van der Waals surface area contributed by atoms with Crippen molar-refractivity contribution >= 4 is 22.4 Å². The highest BCUT2D eigenvalue weighted by atomic mass is 16.5. The zero-order chi connectivity index (χ0) is 29.7. The van der Waals surface area contributed by atoms with Gasteiger partial charge in [0.2, 0.25) is 0 Å². The summed E-state index contributed by atoms with van der Waals surface area (Å²) in [5, 5.41) is 1.96. The van der Waals surface area contributed by atoms with Crippen molar-refractivity contribution in [1.29, 1.82) is 0 Å². The summed E-state index contributed by atoms with van der Waals surface area (Å²) in [5.74, 6) is 3.62. The van der Waals surface area contributed by atoms with Crippen LogP contribution in [0.5, 0.6) is 28.7 Å². The van der Waals surface area contributed by atoms with Crippen LogP contribution < -0.4 is 23.7 Å². The van der Waals surface area contributed by atoms with Gasteiger partial charge in [0.05, 0.1) is 28.4 Å². The Morgan fingerprint density at radius 3 is 1.84 bits per heavy atom. The van der Waals surface area contributed by atoms with E-state index in [9.17, 15) is 0 Å². The molecule has 0 N–H and O–H groups in total. The van der Waals surface area contributed by atoms with E-state index in [0.717, 1.165) is 67.8 Å². The monoisotopic (exact) mass is 568 g/mol. The summed E-state index contributed by atoms with van der Waals surface area (Å²) in [6, 6.07) is 28.7. The van der Waals surface area contributed by atoms with Gasteiger partial charge < -0.3 is 23.7 Å². The molecule has 214 valence electrons. The van der Waals surface area contributed by atoms with E-state index in [0.29, 0.717) is 11.5 Å². The zero-order valence-electron chi connectivity index (χ0n) is 24.7. The number of benzene rings is 5. The zero-order valence-corrected chi connectivity index (χ0v) is 24.7. The van der Waals surface area contributed by atoms with Crippen LogP contribution in [0.4, 0.5) is 0 Å². The Morgan fingerprint density at radius 2 is 1.26 bits per heavy atom. The number of rotatable bonds is 6. The third kappa shape index (κ3) is 4.07. The normalized spacial score (nSPS) is 14.3. The molecule has 5 heteroatoms. The lowest BCUT2D eigenvalue weighted by atomic mass is 9.76. The molecule has 7 rings (SSSR count). The van der Waals surface area contributed by atoms with Crippen LogP contribution in [0.1, 0.15) is 27.8 Å². The third-order valence-electron chi connectivity index (χ3n) is 8.63. The third-order valence-corrected chi connectivity index (χ3v) is 8.63. The first-order valence-electron chi connectivity index (χ1n) is 14.2. The minimum absolute atomic E-state index is 0.637. The van der Waals surface area contributed by atoms with Crippen molar-refractivity contribution in [2.75, 3.05) is 28.4 Å². The Hall–Kier alpha value is -5.16. The molecule has 43 heavy (non-hydrogen) atoms. The summed E-state index contributed by atoms with van der Waals surface area (Å²) < 4.78 is 29.9. The molecule has 0 radical (unpaired) electrons. The largest absolute Gasteiger partial charge is 0.497 e. The van der Waals surface area contributed by atoms with E-state index in [2.05, 4.69) is 73.3 Å². The van der Waals surface area contributed by atoms with Gasteiger partial charge in [-0.3, -0.25) is 0 Å². The summed E-state index contributed by atoms with van der Waals surface area (Å²) >= 11 is 0. The smallest absolute Gasteiger partial charge is 0.178 e. The summed E-state index contributed by atoms with van der Waals surface area (Å²) in [7, 11) is 6.66. The Kier molecular flexibility index (Phi) is 6.39. The van der Waals surface area contributed by atoms with E-state index in [4.69, 9.17) is 23.7 Å². The first-order valence-corrected chi connectivity index (χ1v) is 14.2. The van der Waals surface area contributed by atoms with Crippen LogP contribution in [0.2, 0.25) is 0 Å². The number of methoxy groups -OCH3 is 4. The van der Waals surface area contributed by atoms with Crippen LogP contribution in [-0.4, -0.2) is 28.4 Å². The molecule has 0 amide bonds. The Bertz CT molecular complexity index is 1870. The van der Waals surface area contributed by atoms with Crippen molar-refractivity contribution in [2.45, 2.75) is 12.0 Å². The summed E-state index contributed by atoms with van der Waals surface area (Å²) in [6.07, 6.45) is 5.12. The predicted molar refractivity (Wildman–Crippen MR) is 172 cm³/mol. The fourth-order valence-electron chi connectivity index (χ4n) is 6.50. The highest BCUT2D eigenvalue weighted by Gasteiger charge is 2.40. The molecule has 0 saturated carbocycles. The van der Waals surface area contributed by atoms with Crippen molar-refractivity contribution in [3.63, 3.8) is 0 Å². The topological polar surface area (TPSA) is 46.2 Å². The minimum atomic E-state index is -0.923. The molecule has 0 aromatic heterocycles. The molecule has 2 aliphatic rings. The van der Waals surface area contributed by atoms with Crippen LogP contribution in [0.25, 0.3) is 33.5 Å². The first kappa shape index (κ1) is 26.7. The van der Waals surface area contributed by atoms with E-state index in [1.165, 1.54) is 11.1 Å². The molecule has 0 saturated heterocycles. The highest BCUT2D eigenvalue weighted by Crippen LogP contribution is 2.54. The van der Waals surface area contributed by atoms with Gasteiger partial charge in [-0.05, 0) is 88.2 Å². The summed E-state index contributed by atoms with van der Waals surface area (Å²) in [6.45, 7) is 4.56. The van der Waals surface area contributed by atoms with Gasteiger partial charge in [-0.25, -0.2) is 0 Å². The second-order valence-corrected chi connectivity index (χ2v) is 10.8. The Morgan fingerprint density at radius 1 is 0.674 bits per heavy atom. The lowest BCUT2D eigenvalue weighted by molar-refractivity contribution is 0.163. The van der Waals surface area contributed by atoms with E-state index < -0.39 is 5.60 Å². The molecule has 0 bridgehead atoms. The van der Waals surface area contributed by atoms with Crippen LogP contribution in [0.3, 0.4) is 0 Å². The fourth-order valence-corrected chi connectivity index (χ4v) is 6.50. The molecule has 1 aliphatic heterocycles. The van der Waals surface area contributed by atoms with Crippen LogP contribution in [-0.2, 0) is 12.0 Å². The average molecular weight is 569 g/mol. The van der Waals surface area contributed by atoms with Crippen LogP contribution >= 0.6 is 0 Å². The molecule has 1 heterocycles. The number of ether oxygens (including phenoxy) is 5. The summed E-state index contributed by atoms with van der Waals surface area (Å²) in [4.78, 5) is 0. The molecule has 0 atom stereocenters. The fraction of sp³-hybridized carbons (Fsp3) is 0.158. The van der Waals surface area contributed by atoms with Crippen molar-refractivity contribution < 1.29 is 23.7 Å². The number of fused-ring (bicyclic) bond motifs is 8. The summed E-state index contributed by atoms with van der Waals surface area (Å²) in [5.41, 5.74) is 7.75. The molecular formula is C38H32O5. The van der Waals surface area contributed by atoms with Gasteiger partial charge in [0.25, 0.3) is 0 Å². The van der Waals surface area contributed by atoms with Gasteiger partial charge in [-0.15, -0.1) is 0 Å². The Labute approximate surface area is 251 Å². The van der Waals surface area contributed by atoms with Crippen molar-refractivity contribution in [3.8, 4) is 39.9 Å². The van der Waals surface area contributed by atoms with E-state index >= 15 is 0 Å². The van der Waals surface area contributed by atoms with E-state index in [1.54, 1.807) is 28.4 Å². The van der Waals surface area contributed by atoms with Crippen molar-refractivity contribution in [2.24, 2.45) is 0 Å². The van der Waals surface area contributed by atoms with Crippen molar-refractivity contribution in [1.82, 2.24) is 0 Å². The lowest BCUT2D eigenvalue weighted by Crippen LogP contribution is -2.34. The van der Waals surface area contributed by atoms with Gasteiger partial charge in [0, 0.05) is 22.1 Å². The highest BCUT2D eigenvalue weighted by molar-refractivity contribution is 6.11. The second-order valence-electron chi connectivity index (χ2n) is 10.8. The molecular weight excluding hydrogens is 536 g/mol. The number of hydrogen-bond donors (Lipinski definition) is 0. The minimum Gasteiger partial charge on any atom is -0.497 e. The molecule has 0 spiro atoms. The van der Waals surface area contributed by atoms with Gasteiger partial charge >= 0.3 is 0 Å². The van der Waals surface area contributed by atoms with Gasteiger partial charge in [0.15, 0.2) is 17.1 Å². The first-order chi connectivity index (χ1) is 21.0. The van der Waals surface area contributed by atoms with Crippen LogP contribution in [0.15, 0.2) is 97.6 Å². The molecule has 0 unspecified atom stereocenters. The molecule has 1 aliphatic carbocycles. The van der Waals surface area contributed by atoms with Gasteiger partial charge in [-0.2, -0.15) is 0 Å². The van der Waals surface area contributed by atoms with E-state index in [1.807, 2.05) is 30.3 Å². The van der Waals surface area contributed by atoms with Crippen LogP contribution in [0, 0.1) is 0 Å². The van der Waals surface area contributed by atoms with Gasteiger partial charge in [0.1, 0.15) is 17.2 Å². The second kappa shape index (κ2) is 10.3.